The molecule has 0 N–H and O–H groups in total. The van der Waals surface area contributed by atoms with Gasteiger partial charge < -0.3 is 14.2 Å². The molecule has 11 nitrogen and oxygen atoms in total. The molecule has 0 unspecified atom stereocenters. The molecule has 0 radical (unpaired) electrons. The molecule has 1 aliphatic rings. The fraction of sp³-hybridized carbons (Fsp3) is 0.385. The maximum absolute atomic E-state index is 13.4. The summed E-state index contributed by atoms with van der Waals surface area (Å²) in [7, 11) is 1.33. The number of nitro groups is 1. The van der Waals surface area contributed by atoms with Crippen LogP contribution in [0.2, 0.25) is 0 Å². The van der Waals surface area contributed by atoms with Crippen LogP contribution in [0.3, 0.4) is 0 Å². The molecule has 0 amide bonds. The van der Waals surface area contributed by atoms with Gasteiger partial charge in [-0.25, -0.2) is 9.78 Å². The normalized spacial score (nSPS) is 14.1. The van der Waals surface area contributed by atoms with E-state index in [4.69, 9.17) is 19.2 Å². The number of hydrogen-bond donors (Lipinski definition) is 0. The minimum Gasteiger partial charge on any atom is -0.493 e. The standard InChI is InChI=1S/C26H28N4O7/c1-3-36-23(31)16-37-24-21(30(33)34)13-17(14-22(24)35-2)15-27-29-25(18-9-5-4-6-10-18)28-20-12-8-7-11-19(20)26(29)32/h7-8,11-15,18H,3-6,9-10,16H2,1-2H3. The first-order valence-corrected chi connectivity index (χ1v) is 12.1. The summed E-state index contributed by atoms with van der Waals surface area (Å²) in [6, 6.07) is 9.83. The van der Waals surface area contributed by atoms with E-state index in [1.54, 1.807) is 25.1 Å². The summed E-state index contributed by atoms with van der Waals surface area (Å²) in [6.45, 7) is 1.29. The number of ether oxygens (including phenoxy) is 3. The number of nitro benzene ring substituents is 1. The number of nitrogens with zero attached hydrogens (tertiary/aromatic N) is 4. The van der Waals surface area contributed by atoms with E-state index in [9.17, 15) is 19.7 Å². The van der Waals surface area contributed by atoms with Gasteiger partial charge in [0.25, 0.3) is 5.56 Å². The predicted molar refractivity (Wildman–Crippen MR) is 137 cm³/mol. The van der Waals surface area contributed by atoms with Crippen LogP contribution in [0.15, 0.2) is 46.3 Å². The molecule has 0 bridgehead atoms. The monoisotopic (exact) mass is 508 g/mol. The number of carbonyl (C=O) groups is 1. The Bertz CT molecular complexity index is 1390. The summed E-state index contributed by atoms with van der Waals surface area (Å²) >= 11 is 0. The second-order valence-electron chi connectivity index (χ2n) is 8.61. The van der Waals surface area contributed by atoms with Gasteiger partial charge in [0, 0.05) is 17.5 Å². The van der Waals surface area contributed by atoms with Crippen LogP contribution >= 0.6 is 0 Å². The molecule has 3 aromatic rings. The summed E-state index contributed by atoms with van der Waals surface area (Å²) in [5.74, 6) is -0.161. The van der Waals surface area contributed by atoms with Gasteiger partial charge in [0.15, 0.2) is 12.4 Å². The highest BCUT2D eigenvalue weighted by Gasteiger charge is 2.24. The average Bonchev–Trinajstić information content (AvgIpc) is 2.91. The lowest BCUT2D eigenvalue weighted by Crippen LogP contribution is -2.25. The van der Waals surface area contributed by atoms with Gasteiger partial charge in [0.2, 0.25) is 5.75 Å². The number of esters is 1. The van der Waals surface area contributed by atoms with E-state index in [-0.39, 0.29) is 29.6 Å². The SMILES string of the molecule is CCOC(=O)COc1c(OC)cc(C=Nn2c(C3CCCCC3)nc3ccccc3c2=O)cc1[N+](=O)[O-]. The Hall–Kier alpha value is -4.28. The Morgan fingerprint density at radius 1 is 1.24 bits per heavy atom. The van der Waals surface area contributed by atoms with Gasteiger partial charge >= 0.3 is 11.7 Å². The topological polar surface area (TPSA) is 135 Å². The van der Waals surface area contributed by atoms with E-state index in [1.165, 1.54) is 30.1 Å². The van der Waals surface area contributed by atoms with E-state index in [0.717, 1.165) is 32.1 Å². The molecule has 37 heavy (non-hydrogen) atoms. The number of aromatic nitrogens is 2. The molecule has 0 saturated heterocycles. The summed E-state index contributed by atoms with van der Waals surface area (Å²) in [5.41, 5.74) is 0.196. The van der Waals surface area contributed by atoms with Crippen LogP contribution < -0.4 is 15.0 Å². The average molecular weight is 509 g/mol. The number of carbonyl (C=O) groups excluding carboxylic acids is 1. The van der Waals surface area contributed by atoms with Crippen LogP contribution in [0.4, 0.5) is 5.69 Å². The molecular weight excluding hydrogens is 480 g/mol. The third-order valence-corrected chi connectivity index (χ3v) is 6.19. The molecule has 1 aromatic heterocycles. The Morgan fingerprint density at radius 3 is 2.70 bits per heavy atom. The second-order valence-corrected chi connectivity index (χ2v) is 8.61. The molecule has 1 saturated carbocycles. The maximum Gasteiger partial charge on any atom is 0.344 e. The van der Waals surface area contributed by atoms with Gasteiger partial charge in [-0.1, -0.05) is 31.4 Å². The molecule has 1 heterocycles. The zero-order chi connectivity index (χ0) is 26.4. The summed E-state index contributed by atoms with van der Waals surface area (Å²) in [4.78, 5) is 41.0. The Kier molecular flexibility index (Phi) is 8.11. The number of methoxy groups -OCH3 is 1. The molecular formula is C26H28N4O7. The smallest absolute Gasteiger partial charge is 0.344 e. The van der Waals surface area contributed by atoms with Gasteiger partial charge in [0.1, 0.15) is 5.82 Å². The Labute approximate surface area is 212 Å². The van der Waals surface area contributed by atoms with Crippen molar-refractivity contribution in [2.75, 3.05) is 20.3 Å². The van der Waals surface area contributed by atoms with Crippen molar-refractivity contribution in [3.8, 4) is 11.5 Å². The first-order chi connectivity index (χ1) is 17.9. The van der Waals surface area contributed by atoms with Crippen LogP contribution in [0.25, 0.3) is 10.9 Å². The Morgan fingerprint density at radius 2 is 2.00 bits per heavy atom. The molecule has 2 aromatic carbocycles. The number of rotatable bonds is 9. The molecule has 11 heteroatoms. The quantitative estimate of drug-likeness (QED) is 0.182. The number of hydrogen-bond acceptors (Lipinski definition) is 9. The van der Waals surface area contributed by atoms with E-state index in [0.29, 0.717) is 22.3 Å². The molecule has 4 rings (SSSR count). The first kappa shape index (κ1) is 25.8. The maximum atomic E-state index is 13.4. The van der Waals surface area contributed by atoms with Gasteiger partial charge in [0.05, 0.1) is 35.8 Å². The number of para-hydroxylation sites is 1. The lowest BCUT2D eigenvalue weighted by Gasteiger charge is -2.22. The zero-order valence-electron chi connectivity index (χ0n) is 20.7. The highest BCUT2D eigenvalue weighted by atomic mass is 16.6. The molecule has 0 aliphatic heterocycles. The van der Waals surface area contributed by atoms with Crippen molar-refractivity contribution >= 4 is 28.8 Å². The molecule has 0 atom stereocenters. The molecule has 1 aliphatic carbocycles. The van der Waals surface area contributed by atoms with E-state index in [1.807, 2.05) is 6.07 Å². The minimum atomic E-state index is -0.664. The van der Waals surface area contributed by atoms with Gasteiger partial charge in [-0.3, -0.25) is 14.9 Å². The molecule has 1 fully saturated rings. The van der Waals surface area contributed by atoms with Crippen molar-refractivity contribution in [2.45, 2.75) is 44.9 Å². The lowest BCUT2D eigenvalue weighted by molar-refractivity contribution is -0.385. The van der Waals surface area contributed by atoms with Crippen molar-refractivity contribution in [3.05, 3.63) is 68.3 Å². The van der Waals surface area contributed by atoms with Gasteiger partial charge in [-0.2, -0.15) is 9.78 Å². The fourth-order valence-corrected chi connectivity index (χ4v) is 4.45. The largest absolute Gasteiger partial charge is 0.493 e. The van der Waals surface area contributed by atoms with Crippen LogP contribution in [-0.2, 0) is 9.53 Å². The van der Waals surface area contributed by atoms with Crippen LogP contribution in [0, 0.1) is 10.1 Å². The molecule has 0 spiro atoms. The van der Waals surface area contributed by atoms with Crippen molar-refractivity contribution in [1.82, 2.24) is 9.66 Å². The van der Waals surface area contributed by atoms with Crippen LogP contribution in [0.5, 0.6) is 11.5 Å². The third-order valence-electron chi connectivity index (χ3n) is 6.19. The second kappa shape index (κ2) is 11.6. The van der Waals surface area contributed by atoms with Gasteiger partial charge in [-0.15, -0.1) is 0 Å². The lowest BCUT2D eigenvalue weighted by atomic mass is 9.88. The van der Waals surface area contributed by atoms with Crippen molar-refractivity contribution < 1.29 is 23.9 Å². The third kappa shape index (κ3) is 5.76. The Balaban J connectivity index is 1.76. The molecule has 194 valence electrons. The van der Waals surface area contributed by atoms with Crippen LogP contribution in [0.1, 0.15) is 56.3 Å². The van der Waals surface area contributed by atoms with Crippen molar-refractivity contribution in [1.29, 1.82) is 0 Å². The van der Waals surface area contributed by atoms with Crippen molar-refractivity contribution in [2.24, 2.45) is 5.10 Å². The van der Waals surface area contributed by atoms with E-state index in [2.05, 4.69) is 5.10 Å². The van der Waals surface area contributed by atoms with E-state index >= 15 is 0 Å². The predicted octanol–water partition coefficient (Wildman–Crippen LogP) is 4.19. The summed E-state index contributed by atoms with van der Waals surface area (Å²) < 4.78 is 16.8. The van der Waals surface area contributed by atoms with Gasteiger partial charge in [-0.05, 0) is 38.0 Å². The number of fused-ring (bicyclic) bond motifs is 1. The zero-order valence-corrected chi connectivity index (χ0v) is 20.7. The first-order valence-electron chi connectivity index (χ1n) is 12.1. The summed E-state index contributed by atoms with van der Waals surface area (Å²) in [5, 5.41) is 16.7. The van der Waals surface area contributed by atoms with E-state index < -0.39 is 23.2 Å². The highest BCUT2D eigenvalue weighted by molar-refractivity contribution is 5.84. The summed E-state index contributed by atoms with van der Waals surface area (Å²) in [6.07, 6.45) is 6.42. The number of benzene rings is 2. The van der Waals surface area contributed by atoms with Crippen molar-refractivity contribution in [3.63, 3.8) is 0 Å². The minimum absolute atomic E-state index is 0.0384. The van der Waals surface area contributed by atoms with Crippen LogP contribution in [-0.4, -0.2) is 47.1 Å². The highest BCUT2D eigenvalue weighted by Crippen LogP contribution is 2.38. The fourth-order valence-electron chi connectivity index (χ4n) is 4.45.